The first kappa shape index (κ1) is 24.3. The third-order valence-corrected chi connectivity index (χ3v) is 7.78. The summed E-state index contributed by atoms with van der Waals surface area (Å²) in [6.45, 7) is 3.26. The maximum atomic E-state index is 13.6. The number of halogens is 1. The molecule has 2 atom stereocenters. The Balaban J connectivity index is 1.17. The zero-order valence-electron chi connectivity index (χ0n) is 21.0. The molecule has 3 fully saturated rings. The summed E-state index contributed by atoms with van der Waals surface area (Å²) >= 11 is 0. The summed E-state index contributed by atoms with van der Waals surface area (Å²) in [7, 11) is 0. The molecule has 0 aliphatic carbocycles. The quantitative estimate of drug-likeness (QED) is 0.252. The maximum absolute atomic E-state index is 13.6. The number of fused-ring (bicyclic) bond motifs is 3. The molecule has 7 nitrogen and oxygen atoms in total. The number of piperidine rings is 3. The molecule has 1 aromatic heterocycles. The lowest BCUT2D eigenvalue weighted by Crippen LogP contribution is -2.64. The third kappa shape index (κ3) is 5.17. The minimum absolute atomic E-state index is 0.177. The number of carbonyl (C=O) groups excluding carboxylic acids is 1. The predicted octanol–water partition coefficient (Wildman–Crippen LogP) is 5.38. The topological polar surface area (TPSA) is 77.2 Å². The van der Waals surface area contributed by atoms with E-state index in [1.807, 2.05) is 60.7 Å². The van der Waals surface area contributed by atoms with Gasteiger partial charge >= 0.3 is 5.97 Å². The number of aromatic nitrogens is 2. The van der Waals surface area contributed by atoms with Gasteiger partial charge in [-0.1, -0.05) is 59.8 Å². The highest BCUT2D eigenvalue weighted by atomic mass is 19.1. The van der Waals surface area contributed by atoms with Crippen molar-refractivity contribution < 1.29 is 22.9 Å². The van der Waals surface area contributed by atoms with Gasteiger partial charge in [0.2, 0.25) is 5.82 Å². The predicted molar refractivity (Wildman–Crippen MR) is 140 cm³/mol. The average molecular weight is 514 g/mol. The lowest BCUT2D eigenvalue weighted by molar-refractivity contribution is -0.958. The molecule has 4 heterocycles. The third-order valence-electron chi connectivity index (χ3n) is 7.78. The van der Waals surface area contributed by atoms with Crippen molar-refractivity contribution in [3.05, 3.63) is 102 Å². The first-order chi connectivity index (χ1) is 18.6. The Labute approximate surface area is 220 Å². The standard InChI is InChI=1S/C30H30FN4O3/c31-24-11-7-10-23(18-24)29-33-27(34-38-29)20-35-16-14-21(15-17-35)26(19-35)37-30(36)28(22-8-3-1-4-9-22)32-25-12-5-2-6-13-25/h1-13,18,21,26,28,32H,14-17,19-20H2/q+1/t21?,26-,28+,35?/m0/s1. The summed E-state index contributed by atoms with van der Waals surface area (Å²) in [6, 6.07) is 24.9. The first-order valence-electron chi connectivity index (χ1n) is 13.1. The second-order valence-electron chi connectivity index (χ2n) is 10.3. The Morgan fingerprint density at radius 1 is 1.03 bits per heavy atom. The SMILES string of the molecule is O=C(O[C@H]1C[N+]2(Cc3noc(-c4cccc(F)c4)n3)CCC1CC2)[C@H](Nc1ccccc1)c1ccccc1. The lowest BCUT2D eigenvalue weighted by Gasteiger charge is -2.51. The molecule has 3 aliphatic rings. The van der Waals surface area contributed by atoms with E-state index in [0.717, 1.165) is 41.7 Å². The number of esters is 1. The van der Waals surface area contributed by atoms with Crippen molar-refractivity contribution in [2.24, 2.45) is 5.92 Å². The van der Waals surface area contributed by atoms with Crippen LogP contribution in [-0.2, 0) is 16.1 Å². The number of nitrogens with one attached hydrogen (secondary N) is 1. The van der Waals surface area contributed by atoms with E-state index < -0.39 is 6.04 Å². The van der Waals surface area contributed by atoms with Crippen LogP contribution in [0.4, 0.5) is 10.1 Å². The van der Waals surface area contributed by atoms with Crippen molar-refractivity contribution in [1.82, 2.24) is 10.1 Å². The molecule has 2 bridgehead atoms. The van der Waals surface area contributed by atoms with Crippen LogP contribution in [0.25, 0.3) is 11.5 Å². The zero-order valence-corrected chi connectivity index (χ0v) is 21.0. The Morgan fingerprint density at radius 3 is 2.50 bits per heavy atom. The van der Waals surface area contributed by atoms with Crippen molar-refractivity contribution >= 4 is 11.7 Å². The molecule has 0 radical (unpaired) electrons. The van der Waals surface area contributed by atoms with Crippen LogP contribution >= 0.6 is 0 Å². The van der Waals surface area contributed by atoms with Crippen molar-refractivity contribution in [3.8, 4) is 11.5 Å². The average Bonchev–Trinajstić information content (AvgIpc) is 3.41. The Morgan fingerprint density at radius 2 is 1.76 bits per heavy atom. The minimum atomic E-state index is -0.603. The van der Waals surface area contributed by atoms with E-state index in [4.69, 9.17) is 9.26 Å². The molecule has 194 valence electrons. The molecule has 3 saturated heterocycles. The Hall–Kier alpha value is -4.04. The van der Waals surface area contributed by atoms with E-state index in [1.165, 1.54) is 12.1 Å². The molecule has 3 aliphatic heterocycles. The number of benzene rings is 3. The smallest absolute Gasteiger partial charge is 0.333 e. The van der Waals surface area contributed by atoms with E-state index in [0.29, 0.717) is 36.3 Å². The van der Waals surface area contributed by atoms with Crippen molar-refractivity contribution in [1.29, 1.82) is 0 Å². The molecule has 0 amide bonds. The molecule has 0 unspecified atom stereocenters. The monoisotopic (exact) mass is 513 g/mol. The summed E-state index contributed by atoms with van der Waals surface area (Å²) in [5.74, 6) is 0.625. The van der Waals surface area contributed by atoms with E-state index in [-0.39, 0.29) is 17.9 Å². The molecular formula is C30H30FN4O3+. The van der Waals surface area contributed by atoms with Gasteiger partial charge in [-0.05, 0) is 35.9 Å². The molecular weight excluding hydrogens is 483 g/mol. The highest BCUT2D eigenvalue weighted by molar-refractivity contribution is 5.81. The number of ether oxygens (including phenoxy) is 1. The number of hydrogen-bond acceptors (Lipinski definition) is 6. The molecule has 1 N–H and O–H groups in total. The summed E-state index contributed by atoms with van der Waals surface area (Å²) in [4.78, 5) is 18.1. The summed E-state index contributed by atoms with van der Waals surface area (Å²) in [5.41, 5.74) is 2.29. The number of nitrogens with zero attached hydrogens (tertiary/aromatic N) is 3. The van der Waals surface area contributed by atoms with Gasteiger partial charge in [0.1, 0.15) is 18.9 Å². The molecule has 0 spiro atoms. The van der Waals surface area contributed by atoms with E-state index in [9.17, 15) is 9.18 Å². The van der Waals surface area contributed by atoms with Gasteiger partial charge in [0, 0.05) is 30.0 Å². The fraction of sp³-hybridized carbons (Fsp3) is 0.300. The molecule has 4 aromatic rings. The van der Waals surface area contributed by atoms with Gasteiger partial charge in [-0.2, -0.15) is 4.98 Å². The van der Waals surface area contributed by atoms with E-state index in [1.54, 1.807) is 12.1 Å². The number of rotatable bonds is 8. The van der Waals surface area contributed by atoms with Gasteiger partial charge in [-0.3, -0.25) is 0 Å². The van der Waals surface area contributed by atoms with E-state index in [2.05, 4.69) is 15.5 Å². The molecule has 38 heavy (non-hydrogen) atoms. The maximum Gasteiger partial charge on any atom is 0.333 e. The van der Waals surface area contributed by atoms with E-state index >= 15 is 0 Å². The van der Waals surface area contributed by atoms with Gasteiger partial charge in [-0.15, -0.1) is 0 Å². The normalized spacial score (nSPS) is 23.1. The number of quaternary nitrogens is 1. The van der Waals surface area contributed by atoms with Crippen LogP contribution in [0.2, 0.25) is 0 Å². The van der Waals surface area contributed by atoms with Crippen molar-refractivity contribution in [2.75, 3.05) is 25.0 Å². The first-order valence-corrected chi connectivity index (χ1v) is 13.1. The second kappa shape index (κ2) is 10.4. The number of hydrogen-bond donors (Lipinski definition) is 1. The number of carbonyl (C=O) groups is 1. The Bertz CT molecular complexity index is 1390. The zero-order chi connectivity index (χ0) is 26.0. The van der Waals surface area contributed by atoms with Gasteiger partial charge in [0.15, 0.2) is 12.1 Å². The molecule has 0 saturated carbocycles. The van der Waals surface area contributed by atoms with Gasteiger partial charge in [0.05, 0.1) is 13.1 Å². The van der Waals surface area contributed by atoms with Crippen LogP contribution < -0.4 is 5.32 Å². The van der Waals surface area contributed by atoms with Gasteiger partial charge in [0.25, 0.3) is 5.89 Å². The van der Waals surface area contributed by atoms with Crippen LogP contribution in [0.1, 0.15) is 30.3 Å². The van der Waals surface area contributed by atoms with Crippen LogP contribution in [0.5, 0.6) is 0 Å². The summed E-state index contributed by atoms with van der Waals surface area (Å²) in [6.07, 6.45) is 1.78. The fourth-order valence-electron chi connectivity index (χ4n) is 5.78. The van der Waals surface area contributed by atoms with Crippen LogP contribution in [-0.4, -0.2) is 46.3 Å². The van der Waals surface area contributed by atoms with Crippen LogP contribution in [0.15, 0.2) is 89.5 Å². The van der Waals surface area contributed by atoms with Gasteiger partial charge in [-0.25, -0.2) is 9.18 Å². The largest absolute Gasteiger partial charge is 0.454 e. The van der Waals surface area contributed by atoms with Crippen LogP contribution in [0.3, 0.4) is 0 Å². The number of para-hydroxylation sites is 1. The summed E-state index contributed by atoms with van der Waals surface area (Å²) in [5, 5.41) is 7.55. The Kier molecular flexibility index (Phi) is 6.64. The van der Waals surface area contributed by atoms with Crippen LogP contribution in [0, 0.1) is 11.7 Å². The molecule has 7 rings (SSSR count). The fourth-order valence-corrected chi connectivity index (χ4v) is 5.78. The second-order valence-corrected chi connectivity index (χ2v) is 10.3. The van der Waals surface area contributed by atoms with Gasteiger partial charge < -0.3 is 19.1 Å². The number of anilines is 1. The van der Waals surface area contributed by atoms with Crippen molar-refractivity contribution in [2.45, 2.75) is 31.5 Å². The van der Waals surface area contributed by atoms with Crippen molar-refractivity contribution in [3.63, 3.8) is 0 Å². The highest BCUT2D eigenvalue weighted by Crippen LogP contribution is 2.38. The highest BCUT2D eigenvalue weighted by Gasteiger charge is 2.48. The molecule has 8 heteroatoms. The summed E-state index contributed by atoms with van der Waals surface area (Å²) < 4.78 is 26.1. The lowest BCUT2D eigenvalue weighted by atomic mass is 9.83. The molecule has 3 aromatic carbocycles. The minimum Gasteiger partial charge on any atom is -0.454 e.